The fourth-order valence-corrected chi connectivity index (χ4v) is 4.47. The molecular formula is C22H33N3O2. The van der Waals surface area contributed by atoms with Crippen molar-refractivity contribution in [3.8, 4) is 0 Å². The molecule has 1 saturated carbocycles. The fourth-order valence-electron chi connectivity index (χ4n) is 4.47. The lowest BCUT2D eigenvalue weighted by atomic mass is 9.86. The SMILES string of the molecule is CC(C)NC(=O)c1cccnc1C1CCCN(C(=O)CC2CCCCC2)C1. The third-order valence-corrected chi connectivity index (χ3v) is 5.85. The largest absolute Gasteiger partial charge is 0.350 e. The number of amides is 2. The predicted molar refractivity (Wildman–Crippen MR) is 107 cm³/mol. The van der Waals surface area contributed by atoms with Crippen molar-refractivity contribution in [2.75, 3.05) is 13.1 Å². The van der Waals surface area contributed by atoms with Gasteiger partial charge < -0.3 is 10.2 Å². The van der Waals surface area contributed by atoms with Gasteiger partial charge in [-0.1, -0.05) is 19.3 Å². The van der Waals surface area contributed by atoms with E-state index in [9.17, 15) is 9.59 Å². The van der Waals surface area contributed by atoms with Crippen LogP contribution < -0.4 is 5.32 Å². The fraction of sp³-hybridized carbons (Fsp3) is 0.682. The molecule has 1 N–H and O–H groups in total. The number of likely N-dealkylation sites (tertiary alicyclic amines) is 1. The Bertz CT molecular complexity index is 653. The summed E-state index contributed by atoms with van der Waals surface area (Å²) in [6.45, 7) is 5.44. The zero-order valence-electron chi connectivity index (χ0n) is 16.7. The van der Waals surface area contributed by atoms with Gasteiger partial charge in [0.05, 0.1) is 11.3 Å². The van der Waals surface area contributed by atoms with E-state index in [1.54, 1.807) is 6.20 Å². The minimum Gasteiger partial charge on any atom is -0.350 e. The second kappa shape index (κ2) is 9.34. The summed E-state index contributed by atoms with van der Waals surface area (Å²) in [5.41, 5.74) is 1.49. The first kappa shape index (κ1) is 19.8. The zero-order valence-corrected chi connectivity index (χ0v) is 16.7. The van der Waals surface area contributed by atoms with Crippen LogP contribution in [0.15, 0.2) is 18.3 Å². The number of piperidine rings is 1. The lowest BCUT2D eigenvalue weighted by Crippen LogP contribution is -2.41. The summed E-state index contributed by atoms with van der Waals surface area (Å²) in [6.07, 6.45) is 10.6. The first-order valence-electron chi connectivity index (χ1n) is 10.6. The molecule has 1 unspecified atom stereocenters. The topological polar surface area (TPSA) is 62.3 Å². The lowest BCUT2D eigenvalue weighted by molar-refractivity contribution is -0.133. The van der Waals surface area contributed by atoms with Crippen LogP contribution in [-0.2, 0) is 4.79 Å². The highest BCUT2D eigenvalue weighted by molar-refractivity contribution is 5.95. The Morgan fingerprint density at radius 3 is 2.70 bits per heavy atom. The van der Waals surface area contributed by atoms with E-state index in [2.05, 4.69) is 10.3 Å². The Morgan fingerprint density at radius 1 is 1.19 bits per heavy atom. The molecule has 148 valence electrons. The van der Waals surface area contributed by atoms with Crippen LogP contribution in [0, 0.1) is 5.92 Å². The van der Waals surface area contributed by atoms with Crippen LogP contribution in [0.3, 0.4) is 0 Å². The Balaban J connectivity index is 1.67. The Hall–Kier alpha value is -1.91. The van der Waals surface area contributed by atoms with E-state index in [-0.39, 0.29) is 23.8 Å². The van der Waals surface area contributed by atoms with Crippen LogP contribution in [0.2, 0.25) is 0 Å². The summed E-state index contributed by atoms with van der Waals surface area (Å²) >= 11 is 0. The summed E-state index contributed by atoms with van der Waals surface area (Å²) in [5.74, 6) is 0.923. The quantitative estimate of drug-likeness (QED) is 0.854. The molecule has 1 saturated heterocycles. The molecule has 2 fully saturated rings. The molecule has 1 aliphatic heterocycles. The number of pyridine rings is 1. The van der Waals surface area contributed by atoms with E-state index in [1.165, 1.54) is 32.1 Å². The highest BCUT2D eigenvalue weighted by Crippen LogP contribution is 2.31. The number of hydrogen-bond acceptors (Lipinski definition) is 3. The summed E-state index contributed by atoms with van der Waals surface area (Å²) in [7, 11) is 0. The van der Waals surface area contributed by atoms with Crippen molar-refractivity contribution in [2.24, 2.45) is 5.92 Å². The minimum absolute atomic E-state index is 0.0706. The minimum atomic E-state index is -0.0706. The maximum Gasteiger partial charge on any atom is 0.253 e. The normalized spacial score (nSPS) is 21.3. The third kappa shape index (κ3) is 5.30. The van der Waals surface area contributed by atoms with Gasteiger partial charge in [0.15, 0.2) is 0 Å². The summed E-state index contributed by atoms with van der Waals surface area (Å²) in [4.78, 5) is 32.0. The van der Waals surface area contributed by atoms with Crippen molar-refractivity contribution < 1.29 is 9.59 Å². The number of carbonyl (C=O) groups excluding carboxylic acids is 2. The van der Waals surface area contributed by atoms with E-state index >= 15 is 0 Å². The third-order valence-electron chi connectivity index (χ3n) is 5.85. The summed E-state index contributed by atoms with van der Waals surface area (Å²) in [6, 6.07) is 3.75. The molecule has 1 aromatic rings. The number of aromatic nitrogens is 1. The average Bonchev–Trinajstić information content (AvgIpc) is 2.68. The van der Waals surface area contributed by atoms with Gasteiger partial charge in [-0.3, -0.25) is 14.6 Å². The first-order chi connectivity index (χ1) is 13.0. The first-order valence-corrected chi connectivity index (χ1v) is 10.6. The molecule has 0 bridgehead atoms. The van der Waals surface area contributed by atoms with Gasteiger partial charge in [-0.2, -0.15) is 0 Å². The van der Waals surface area contributed by atoms with Gasteiger partial charge in [0.2, 0.25) is 5.91 Å². The van der Waals surface area contributed by atoms with E-state index in [0.29, 0.717) is 24.4 Å². The molecule has 1 aromatic heterocycles. The Labute approximate surface area is 162 Å². The number of carbonyl (C=O) groups is 2. The Morgan fingerprint density at radius 2 is 1.96 bits per heavy atom. The molecule has 5 heteroatoms. The highest BCUT2D eigenvalue weighted by Gasteiger charge is 2.29. The second-order valence-corrected chi connectivity index (χ2v) is 8.45. The molecule has 2 aliphatic rings. The predicted octanol–water partition coefficient (Wildman–Crippen LogP) is 3.90. The van der Waals surface area contributed by atoms with Gasteiger partial charge in [0.25, 0.3) is 5.91 Å². The maximum absolute atomic E-state index is 12.8. The van der Waals surface area contributed by atoms with E-state index in [0.717, 1.165) is 25.1 Å². The van der Waals surface area contributed by atoms with E-state index in [4.69, 9.17) is 0 Å². The van der Waals surface area contributed by atoms with Crippen LogP contribution in [-0.4, -0.2) is 40.8 Å². The summed E-state index contributed by atoms with van der Waals surface area (Å²) in [5, 5.41) is 2.97. The smallest absolute Gasteiger partial charge is 0.253 e. The lowest BCUT2D eigenvalue weighted by Gasteiger charge is -2.34. The summed E-state index contributed by atoms with van der Waals surface area (Å²) < 4.78 is 0. The molecule has 1 aliphatic carbocycles. The molecule has 2 heterocycles. The van der Waals surface area contributed by atoms with Crippen LogP contribution in [0.25, 0.3) is 0 Å². The molecule has 2 amide bonds. The second-order valence-electron chi connectivity index (χ2n) is 8.45. The van der Waals surface area contributed by atoms with Crippen LogP contribution in [0.5, 0.6) is 0 Å². The van der Waals surface area contributed by atoms with Crippen LogP contribution >= 0.6 is 0 Å². The number of nitrogens with one attached hydrogen (secondary N) is 1. The van der Waals surface area contributed by atoms with E-state index in [1.807, 2.05) is 30.9 Å². The van der Waals surface area contributed by atoms with Gasteiger partial charge in [0, 0.05) is 37.7 Å². The molecule has 5 nitrogen and oxygen atoms in total. The van der Waals surface area contributed by atoms with Gasteiger partial charge in [-0.25, -0.2) is 0 Å². The highest BCUT2D eigenvalue weighted by atomic mass is 16.2. The molecule has 3 rings (SSSR count). The van der Waals surface area contributed by atoms with Crippen LogP contribution in [0.4, 0.5) is 0 Å². The van der Waals surface area contributed by atoms with Gasteiger partial charge in [-0.05, 0) is 57.6 Å². The van der Waals surface area contributed by atoms with Crippen molar-refractivity contribution in [1.82, 2.24) is 15.2 Å². The molecular weight excluding hydrogens is 338 g/mol. The Kier molecular flexibility index (Phi) is 6.86. The van der Waals surface area contributed by atoms with Crippen molar-refractivity contribution in [3.63, 3.8) is 0 Å². The zero-order chi connectivity index (χ0) is 19.2. The van der Waals surface area contributed by atoms with Crippen molar-refractivity contribution in [3.05, 3.63) is 29.6 Å². The van der Waals surface area contributed by atoms with E-state index < -0.39 is 0 Å². The van der Waals surface area contributed by atoms with Gasteiger partial charge in [0.1, 0.15) is 0 Å². The number of hydrogen-bond donors (Lipinski definition) is 1. The molecule has 27 heavy (non-hydrogen) atoms. The van der Waals surface area contributed by atoms with Gasteiger partial charge in [-0.15, -0.1) is 0 Å². The number of rotatable bonds is 5. The van der Waals surface area contributed by atoms with Crippen molar-refractivity contribution in [2.45, 2.75) is 77.2 Å². The molecule has 0 radical (unpaired) electrons. The standard InChI is InChI=1S/C22H33N3O2/c1-16(2)24-22(27)19-11-6-12-23-21(19)18-10-7-13-25(15-18)20(26)14-17-8-4-3-5-9-17/h6,11-12,16-18H,3-5,7-10,13-15H2,1-2H3,(H,24,27). The van der Waals surface area contributed by atoms with Crippen LogP contribution in [0.1, 0.15) is 87.2 Å². The molecule has 0 aromatic carbocycles. The average molecular weight is 372 g/mol. The molecule has 1 atom stereocenters. The maximum atomic E-state index is 12.8. The van der Waals surface area contributed by atoms with Gasteiger partial charge >= 0.3 is 0 Å². The van der Waals surface area contributed by atoms with Crippen molar-refractivity contribution in [1.29, 1.82) is 0 Å². The monoisotopic (exact) mass is 371 g/mol. The molecule has 0 spiro atoms. The number of nitrogens with zero attached hydrogens (tertiary/aromatic N) is 2. The van der Waals surface area contributed by atoms with Crippen molar-refractivity contribution >= 4 is 11.8 Å².